The molecule has 1 saturated heterocycles. The van der Waals surface area contributed by atoms with E-state index >= 15 is 0 Å². The summed E-state index contributed by atoms with van der Waals surface area (Å²) in [6.45, 7) is 0.219. The highest BCUT2D eigenvalue weighted by Crippen LogP contribution is 2.39. The fourth-order valence-corrected chi connectivity index (χ4v) is 5.35. The van der Waals surface area contributed by atoms with E-state index in [9.17, 15) is 14.0 Å². The van der Waals surface area contributed by atoms with Crippen LogP contribution in [0.4, 0.5) is 4.39 Å². The number of hydrogen-bond donors (Lipinski definition) is 1. The second-order valence-electron chi connectivity index (χ2n) is 6.88. The molecule has 0 aliphatic carbocycles. The molecule has 174 valence electrons. The van der Waals surface area contributed by atoms with Crippen molar-refractivity contribution in [2.24, 2.45) is 0 Å². The number of nitrogens with one attached hydrogen (secondary N) is 1. The van der Waals surface area contributed by atoms with Crippen LogP contribution >= 0.6 is 51.2 Å². The van der Waals surface area contributed by atoms with Crippen LogP contribution in [0.15, 0.2) is 63.3 Å². The van der Waals surface area contributed by atoms with Gasteiger partial charge in [0.1, 0.15) is 12.4 Å². The Balaban J connectivity index is 1.51. The largest absolute Gasteiger partial charge is 0.493 e. The minimum atomic E-state index is -0.424. The van der Waals surface area contributed by atoms with Crippen molar-refractivity contribution < 1.29 is 23.5 Å². The quantitative estimate of drug-likeness (QED) is 0.283. The van der Waals surface area contributed by atoms with Gasteiger partial charge in [-0.2, -0.15) is 5.01 Å². The first-order valence-electron chi connectivity index (χ1n) is 9.73. The van der Waals surface area contributed by atoms with Crippen molar-refractivity contribution in [3.05, 3.63) is 85.1 Å². The lowest BCUT2D eigenvalue weighted by atomic mass is 10.1. The molecule has 2 amide bonds. The molecule has 1 N–H and O–H groups in total. The summed E-state index contributed by atoms with van der Waals surface area (Å²) >= 11 is 11.1. The zero-order valence-corrected chi connectivity index (χ0v) is 21.6. The van der Waals surface area contributed by atoms with Crippen molar-refractivity contribution in [2.75, 3.05) is 7.11 Å². The molecule has 0 radical (unpaired) electrons. The Labute approximate surface area is 216 Å². The molecule has 2 heterocycles. The molecule has 11 heteroatoms. The summed E-state index contributed by atoms with van der Waals surface area (Å²) < 4.78 is 25.3. The molecule has 0 spiro atoms. The highest BCUT2D eigenvalue weighted by atomic mass is 79.9. The van der Waals surface area contributed by atoms with Gasteiger partial charge in [0.15, 0.2) is 15.8 Å². The Kier molecular flexibility index (Phi) is 7.67. The van der Waals surface area contributed by atoms with Gasteiger partial charge >= 0.3 is 0 Å². The van der Waals surface area contributed by atoms with E-state index in [1.165, 1.54) is 30.6 Å². The zero-order chi connectivity index (χ0) is 24.2. The molecular formula is C23H16BrFN2O4S3. The number of methoxy groups -OCH3 is 1. The fraction of sp³-hybridized carbons (Fsp3) is 0.0870. The molecule has 0 saturated carbocycles. The molecule has 4 rings (SSSR count). The predicted molar refractivity (Wildman–Crippen MR) is 138 cm³/mol. The van der Waals surface area contributed by atoms with E-state index in [1.54, 1.807) is 47.9 Å². The molecule has 1 aliphatic rings. The van der Waals surface area contributed by atoms with Crippen molar-refractivity contribution >= 4 is 73.5 Å². The third kappa shape index (κ3) is 5.49. The van der Waals surface area contributed by atoms with Crippen molar-refractivity contribution in [1.82, 2.24) is 10.4 Å². The maximum absolute atomic E-state index is 13.1. The van der Waals surface area contributed by atoms with E-state index in [2.05, 4.69) is 21.4 Å². The van der Waals surface area contributed by atoms with Crippen LogP contribution in [-0.2, 0) is 11.4 Å². The normalized spacial score (nSPS) is 14.6. The smallest absolute Gasteiger partial charge is 0.285 e. The summed E-state index contributed by atoms with van der Waals surface area (Å²) in [6.07, 6.45) is 1.66. The van der Waals surface area contributed by atoms with Crippen LogP contribution in [0.1, 0.15) is 20.8 Å². The molecule has 6 nitrogen and oxygen atoms in total. The van der Waals surface area contributed by atoms with Crippen LogP contribution in [0.25, 0.3) is 6.08 Å². The molecule has 0 bridgehead atoms. The Morgan fingerprint density at radius 3 is 2.71 bits per heavy atom. The number of carbonyl (C=O) groups is 2. The second-order valence-corrected chi connectivity index (χ2v) is 10.4. The number of thiocarbonyl (C=S) groups is 1. The Bertz CT molecular complexity index is 1280. The molecule has 3 aromatic rings. The molecule has 1 aromatic heterocycles. The number of thiophene rings is 1. The van der Waals surface area contributed by atoms with Crippen molar-refractivity contribution in [3.63, 3.8) is 0 Å². The third-order valence-corrected chi connectivity index (χ3v) is 7.36. The standard InChI is InChI=1S/C23H16BrFN2O4S3/c1-30-17-10-14(9-16(24)20(17)31-12-13-4-6-15(25)7-5-13)11-19-22(29)27(23(32)34-19)26-21(28)18-3-2-8-33-18/h2-11H,12H2,1H3,(H,26,28)/b19-11+. The molecular weight excluding hydrogens is 563 g/mol. The van der Waals surface area contributed by atoms with Gasteiger partial charge in [-0.1, -0.05) is 30.0 Å². The van der Waals surface area contributed by atoms with Crippen molar-refractivity contribution in [1.29, 1.82) is 0 Å². The Hall–Kier alpha value is -2.73. The average Bonchev–Trinajstić information content (AvgIpc) is 3.44. The molecule has 34 heavy (non-hydrogen) atoms. The van der Waals surface area contributed by atoms with E-state index < -0.39 is 11.8 Å². The molecule has 0 unspecified atom stereocenters. The summed E-state index contributed by atoms with van der Waals surface area (Å²) in [7, 11) is 1.51. The first-order valence-corrected chi connectivity index (χ1v) is 12.6. The molecule has 1 aliphatic heterocycles. The van der Waals surface area contributed by atoms with Gasteiger partial charge < -0.3 is 9.47 Å². The van der Waals surface area contributed by atoms with Gasteiger partial charge in [-0.25, -0.2) is 4.39 Å². The Morgan fingerprint density at radius 2 is 2.03 bits per heavy atom. The van der Waals surface area contributed by atoms with Crippen LogP contribution in [0.3, 0.4) is 0 Å². The summed E-state index contributed by atoms with van der Waals surface area (Å²) in [6, 6.07) is 12.9. The van der Waals surface area contributed by atoms with E-state index in [4.69, 9.17) is 21.7 Å². The monoisotopic (exact) mass is 578 g/mol. The number of benzene rings is 2. The lowest BCUT2D eigenvalue weighted by Gasteiger charge is -2.15. The maximum Gasteiger partial charge on any atom is 0.285 e. The highest BCUT2D eigenvalue weighted by Gasteiger charge is 2.34. The van der Waals surface area contributed by atoms with Gasteiger partial charge in [-0.05, 0) is 81.1 Å². The number of ether oxygens (including phenoxy) is 2. The predicted octanol–water partition coefficient (Wildman–Crippen LogP) is 5.78. The number of carbonyl (C=O) groups excluding carboxylic acids is 2. The number of halogens is 2. The van der Waals surface area contributed by atoms with E-state index in [1.807, 2.05) is 0 Å². The fourth-order valence-electron chi connectivity index (χ4n) is 2.98. The van der Waals surface area contributed by atoms with E-state index in [-0.39, 0.29) is 16.7 Å². The molecule has 1 fully saturated rings. The van der Waals surface area contributed by atoms with Gasteiger partial charge in [0.05, 0.1) is 21.4 Å². The average molecular weight is 579 g/mol. The molecule has 2 aromatic carbocycles. The number of rotatable bonds is 7. The van der Waals surface area contributed by atoms with Gasteiger partial charge in [-0.3, -0.25) is 15.0 Å². The topological polar surface area (TPSA) is 67.9 Å². The van der Waals surface area contributed by atoms with Gasteiger partial charge in [-0.15, -0.1) is 11.3 Å². The number of amides is 2. The van der Waals surface area contributed by atoms with Crippen LogP contribution < -0.4 is 14.9 Å². The van der Waals surface area contributed by atoms with Gasteiger partial charge in [0.25, 0.3) is 11.8 Å². The van der Waals surface area contributed by atoms with Crippen LogP contribution in [0.2, 0.25) is 0 Å². The summed E-state index contributed by atoms with van der Waals surface area (Å²) in [5, 5.41) is 2.84. The second kappa shape index (κ2) is 10.7. The van der Waals surface area contributed by atoms with Crippen molar-refractivity contribution in [3.8, 4) is 11.5 Å². The van der Waals surface area contributed by atoms with Gasteiger partial charge in [0, 0.05) is 0 Å². The summed E-state index contributed by atoms with van der Waals surface area (Å²) in [5.74, 6) is -0.224. The summed E-state index contributed by atoms with van der Waals surface area (Å²) in [4.78, 5) is 26.0. The number of thioether (sulfide) groups is 1. The zero-order valence-electron chi connectivity index (χ0n) is 17.5. The van der Waals surface area contributed by atoms with Crippen LogP contribution in [0, 0.1) is 5.82 Å². The third-order valence-electron chi connectivity index (χ3n) is 4.60. The first-order chi connectivity index (χ1) is 16.4. The van der Waals surface area contributed by atoms with Gasteiger partial charge in [0.2, 0.25) is 0 Å². The van der Waals surface area contributed by atoms with E-state index in [0.717, 1.165) is 22.3 Å². The van der Waals surface area contributed by atoms with Crippen molar-refractivity contribution in [2.45, 2.75) is 6.61 Å². The first kappa shape index (κ1) is 24.4. The lowest BCUT2D eigenvalue weighted by Crippen LogP contribution is -2.44. The lowest BCUT2D eigenvalue weighted by molar-refractivity contribution is -0.123. The Morgan fingerprint density at radius 1 is 1.26 bits per heavy atom. The minimum absolute atomic E-state index is 0.219. The highest BCUT2D eigenvalue weighted by molar-refractivity contribution is 9.10. The minimum Gasteiger partial charge on any atom is -0.493 e. The number of nitrogens with zero attached hydrogens (tertiary/aromatic N) is 1. The maximum atomic E-state index is 13.1. The SMILES string of the molecule is COc1cc(/C=C2/SC(=S)N(NC(=O)c3cccs3)C2=O)cc(Br)c1OCc1ccc(F)cc1. The molecule has 0 atom stereocenters. The van der Waals surface area contributed by atoms with Crippen LogP contribution in [0.5, 0.6) is 11.5 Å². The number of hydrazine groups is 1. The van der Waals surface area contributed by atoms with E-state index in [0.29, 0.717) is 31.3 Å². The van der Waals surface area contributed by atoms with Crippen LogP contribution in [-0.4, -0.2) is 28.3 Å². The summed E-state index contributed by atoms with van der Waals surface area (Å²) in [5.41, 5.74) is 4.02. The number of hydrogen-bond acceptors (Lipinski definition) is 7.